The first-order valence-electron chi connectivity index (χ1n) is 5.91. The van der Waals surface area contributed by atoms with Gasteiger partial charge in [0.15, 0.2) is 0 Å². The van der Waals surface area contributed by atoms with Crippen LogP contribution in [0.4, 0.5) is 4.39 Å². The van der Waals surface area contributed by atoms with Crippen molar-refractivity contribution in [1.29, 1.82) is 0 Å². The van der Waals surface area contributed by atoms with Gasteiger partial charge in [-0.15, -0.1) is 11.8 Å². The SMILES string of the molecule is CCC(O)(CN)CCCSc1ccccc1F. The molecule has 1 unspecified atom stereocenters. The molecule has 0 spiro atoms. The monoisotopic (exact) mass is 257 g/mol. The molecule has 2 nitrogen and oxygen atoms in total. The summed E-state index contributed by atoms with van der Waals surface area (Å²) in [4.78, 5) is 0.667. The van der Waals surface area contributed by atoms with Crippen LogP contribution in [0.1, 0.15) is 26.2 Å². The van der Waals surface area contributed by atoms with Gasteiger partial charge in [0.05, 0.1) is 5.60 Å². The Morgan fingerprint density at radius 2 is 2.12 bits per heavy atom. The number of thioether (sulfide) groups is 1. The van der Waals surface area contributed by atoms with Crippen molar-refractivity contribution in [3.8, 4) is 0 Å². The summed E-state index contributed by atoms with van der Waals surface area (Å²) in [6, 6.07) is 6.75. The van der Waals surface area contributed by atoms with Gasteiger partial charge in [-0.25, -0.2) is 4.39 Å². The average molecular weight is 257 g/mol. The van der Waals surface area contributed by atoms with Gasteiger partial charge in [-0.3, -0.25) is 0 Å². The number of benzene rings is 1. The van der Waals surface area contributed by atoms with Gasteiger partial charge >= 0.3 is 0 Å². The van der Waals surface area contributed by atoms with E-state index in [2.05, 4.69) is 0 Å². The summed E-state index contributed by atoms with van der Waals surface area (Å²) in [5.41, 5.74) is 4.76. The molecule has 0 saturated heterocycles. The highest BCUT2D eigenvalue weighted by molar-refractivity contribution is 7.99. The van der Waals surface area contributed by atoms with E-state index in [0.29, 0.717) is 17.7 Å². The van der Waals surface area contributed by atoms with E-state index in [1.807, 2.05) is 13.0 Å². The summed E-state index contributed by atoms with van der Waals surface area (Å²) >= 11 is 1.48. The zero-order valence-electron chi connectivity index (χ0n) is 10.2. The van der Waals surface area contributed by atoms with E-state index in [0.717, 1.165) is 12.2 Å². The number of rotatable bonds is 7. The third-order valence-electron chi connectivity index (χ3n) is 2.92. The molecule has 0 aliphatic rings. The fourth-order valence-corrected chi connectivity index (χ4v) is 2.46. The molecule has 3 N–H and O–H groups in total. The third kappa shape index (κ3) is 4.66. The molecule has 1 rings (SSSR count). The molecule has 0 amide bonds. The van der Waals surface area contributed by atoms with E-state index in [-0.39, 0.29) is 12.4 Å². The molecule has 17 heavy (non-hydrogen) atoms. The van der Waals surface area contributed by atoms with Crippen molar-refractivity contribution in [2.24, 2.45) is 5.73 Å². The van der Waals surface area contributed by atoms with Crippen LogP contribution in [-0.4, -0.2) is 23.0 Å². The molecular formula is C13H20FNOS. The van der Waals surface area contributed by atoms with Crippen LogP contribution in [0.25, 0.3) is 0 Å². The predicted molar refractivity (Wildman–Crippen MR) is 70.7 cm³/mol. The lowest BCUT2D eigenvalue weighted by Crippen LogP contribution is -2.36. The van der Waals surface area contributed by atoms with Crippen LogP contribution in [0.5, 0.6) is 0 Å². The van der Waals surface area contributed by atoms with Gasteiger partial charge in [0.2, 0.25) is 0 Å². The summed E-state index contributed by atoms with van der Waals surface area (Å²) in [5, 5.41) is 9.97. The van der Waals surface area contributed by atoms with Gasteiger partial charge in [0.25, 0.3) is 0 Å². The van der Waals surface area contributed by atoms with Crippen LogP contribution in [0.3, 0.4) is 0 Å². The van der Waals surface area contributed by atoms with Crippen molar-refractivity contribution in [2.75, 3.05) is 12.3 Å². The third-order valence-corrected chi connectivity index (χ3v) is 4.05. The summed E-state index contributed by atoms with van der Waals surface area (Å²) in [6.07, 6.45) is 2.16. The summed E-state index contributed by atoms with van der Waals surface area (Å²) in [5.74, 6) is 0.616. The van der Waals surface area contributed by atoms with E-state index in [1.165, 1.54) is 17.8 Å². The lowest BCUT2D eigenvalue weighted by atomic mass is 9.95. The predicted octanol–water partition coefficient (Wildman–Crippen LogP) is 2.80. The van der Waals surface area contributed by atoms with Crippen molar-refractivity contribution in [3.63, 3.8) is 0 Å². The number of hydrogen-bond acceptors (Lipinski definition) is 3. The van der Waals surface area contributed by atoms with Crippen LogP contribution in [0.2, 0.25) is 0 Å². The molecule has 0 heterocycles. The molecule has 0 saturated carbocycles. The Hall–Kier alpha value is -0.580. The normalized spacial score (nSPS) is 14.6. The first kappa shape index (κ1) is 14.5. The highest BCUT2D eigenvalue weighted by atomic mass is 32.2. The van der Waals surface area contributed by atoms with Crippen molar-refractivity contribution in [2.45, 2.75) is 36.7 Å². The second-order valence-electron chi connectivity index (χ2n) is 4.16. The molecule has 0 aliphatic carbocycles. The van der Waals surface area contributed by atoms with Crippen molar-refractivity contribution in [3.05, 3.63) is 30.1 Å². The van der Waals surface area contributed by atoms with Gasteiger partial charge < -0.3 is 10.8 Å². The molecule has 1 aromatic rings. The van der Waals surface area contributed by atoms with E-state index in [4.69, 9.17) is 5.73 Å². The summed E-state index contributed by atoms with van der Waals surface area (Å²) < 4.78 is 13.3. The van der Waals surface area contributed by atoms with Crippen LogP contribution in [0, 0.1) is 5.82 Å². The van der Waals surface area contributed by atoms with Gasteiger partial charge in [-0.1, -0.05) is 19.1 Å². The van der Waals surface area contributed by atoms with Gasteiger partial charge in [0, 0.05) is 11.4 Å². The van der Waals surface area contributed by atoms with Crippen LogP contribution in [0.15, 0.2) is 29.2 Å². The Balaban J connectivity index is 2.32. The smallest absolute Gasteiger partial charge is 0.136 e. The van der Waals surface area contributed by atoms with Crippen LogP contribution in [-0.2, 0) is 0 Å². The van der Waals surface area contributed by atoms with Crippen LogP contribution >= 0.6 is 11.8 Å². The highest BCUT2D eigenvalue weighted by Gasteiger charge is 2.21. The lowest BCUT2D eigenvalue weighted by molar-refractivity contribution is 0.0360. The molecule has 1 atom stereocenters. The summed E-state index contributed by atoms with van der Waals surface area (Å²) in [6.45, 7) is 2.21. The quantitative estimate of drug-likeness (QED) is 0.583. The van der Waals surface area contributed by atoms with Crippen molar-refractivity contribution in [1.82, 2.24) is 0 Å². The van der Waals surface area contributed by atoms with Gasteiger partial charge in [-0.2, -0.15) is 0 Å². The zero-order chi connectivity index (χ0) is 12.7. The van der Waals surface area contributed by atoms with E-state index >= 15 is 0 Å². The topological polar surface area (TPSA) is 46.2 Å². The van der Waals surface area contributed by atoms with Gasteiger partial charge in [-0.05, 0) is 37.1 Å². The Morgan fingerprint density at radius 1 is 1.41 bits per heavy atom. The second-order valence-corrected chi connectivity index (χ2v) is 5.30. The molecule has 0 radical (unpaired) electrons. The number of halogens is 1. The number of aliphatic hydroxyl groups is 1. The molecule has 4 heteroatoms. The molecule has 0 bridgehead atoms. The Morgan fingerprint density at radius 3 is 2.71 bits per heavy atom. The Labute approximate surface area is 106 Å². The number of hydrogen-bond donors (Lipinski definition) is 2. The van der Waals surface area contributed by atoms with E-state index in [1.54, 1.807) is 12.1 Å². The largest absolute Gasteiger partial charge is 0.389 e. The fourth-order valence-electron chi connectivity index (χ4n) is 1.57. The molecule has 0 fully saturated rings. The molecule has 0 aromatic heterocycles. The minimum absolute atomic E-state index is 0.179. The van der Waals surface area contributed by atoms with Crippen molar-refractivity contribution < 1.29 is 9.50 Å². The maximum absolute atomic E-state index is 13.3. The van der Waals surface area contributed by atoms with Crippen molar-refractivity contribution >= 4 is 11.8 Å². The van der Waals surface area contributed by atoms with Gasteiger partial charge in [0.1, 0.15) is 5.82 Å². The Kier molecular flexibility index (Phi) is 5.95. The Bertz CT molecular complexity index is 342. The molecular weight excluding hydrogens is 237 g/mol. The maximum Gasteiger partial charge on any atom is 0.136 e. The molecule has 1 aromatic carbocycles. The average Bonchev–Trinajstić information content (AvgIpc) is 2.36. The highest BCUT2D eigenvalue weighted by Crippen LogP contribution is 2.24. The molecule has 96 valence electrons. The zero-order valence-corrected chi connectivity index (χ0v) is 11.0. The first-order valence-corrected chi connectivity index (χ1v) is 6.89. The minimum Gasteiger partial charge on any atom is -0.389 e. The summed E-state index contributed by atoms with van der Waals surface area (Å²) in [7, 11) is 0. The minimum atomic E-state index is -0.754. The van der Waals surface area contributed by atoms with E-state index < -0.39 is 5.60 Å². The first-order chi connectivity index (χ1) is 8.11. The molecule has 0 aliphatic heterocycles. The van der Waals surface area contributed by atoms with E-state index in [9.17, 15) is 9.50 Å². The number of nitrogens with two attached hydrogens (primary N) is 1. The standard InChI is InChI=1S/C13H20FNOS/c1-2-13(16,10-15)8-5-9-17-12-7-4-3-6-11(12)14/h3-4,6-7,16H,2,5,8-10,15H2,1H3. The lowest BCUT2D eigenvalue weighted by Gasteiger charge is -2.24. The second kappa shape index (κ2) is 6.99. The van der Waals surface area contributed by atoms with Crippen LogP contribution < -0.4 is 5.73 Å². The maximum atomic E-state index is 13.3. The fraction of sp³-hybridized carbons (Fsp3) is 0.538.